The highest BCUT2D eigenvalue weighted by Crippen LogP contribution is 2.26. The molecule has 0 fully saturated rings. The molecule has 0 saturated heterocycles. The van der Waals surface area contributed by atoms with E-state index in [9.17, 15) is 4.79 Å². The van der Waals surface area contributed by atoms with Gasteiger partial charge in [0.25, 0.3) is 0 Å². The minimum Gasteiger partial charge on any atom is -0.451 e. The van der Waals surface area contributed by atoms with Crippen molar-refractivity contribution in [3.05, 3.63) is 49.6 Å². The SMILES string of the molecule is C=Cc1cc(I)c(C(=O)OC(C)(C=C)CC)c(I)c1. The van der Waals surface area contributed by atoms with Gasteiger partial charge in [0.1, 0.15) is 5.60 Å². The van der Waals surface area contributed by atoms with Crippen LogP contribution in [0.1, 0.15) is 36.2 Å². The van der Waals surface area contributed by atoms with E-state index < -0.39 is 5.60 Å². The molecule has 0 aliphatic heterocycles. The fourth-order valence-corrected chi connectivity index (χ4v) is 3.68. The number of halogens is 2. The molecule has 4 heteroatoms. The molecule has 1 unspecified atom stereocenters. The summed E-state index contributed by atoms with van der Waals surface area (Å²) in [6, 6.07) is 3.84. The minimum atomic E-state index is -0.625. The number of ether oxygens (including phenoxy) is 1. The lowest BCUT2D eigenvalue weighted by atomic mass is 10.0. The second kappa shape index (κ2) is 6.88. The van der Waals surface area contributed by atoms with Crippen LogP contribution < -0.4 is 0 Å². The molecule has 1 aromatic rings. The zero-order valence-corrected chi connectivity index (χ0v) is 15.3. The smallest absolute Gasteiger partial charge is 0.341 e. The molecule has 2 nitrogen and oxygen atoms in total. The monoisotopic (exact) mass is 482 g/mol. The third kappa shape index (κ3) is 4.05. The highest BCUT2D eigenvalue weighted by molar-refractivity contribution is 14.1. The molecule has 0 aliphatic rings. The largest absolute Gasteiger partial charge is 0.451 e. The van der Waals surface area contributed by atoms with Crippen molar-refractivity contribution in [1.29, 1.82) is 0 Å². The molecule has 102 valence electrons. The first kappa shape index (κ1) is 16.7. The number of benzene rings is 1. The van der Waals surface area contributed by atoms with Crippen LogP contribution in [-0.2, 0) is 4.74 Å². The number of esters is 1. The first-order valence-electron chi connectivity index (χ1n) is 5.85. The number of rotatable bonds is 5. The van der Waals surface area contributed by atoms with Crippen LogP contribution in [0.3, 0.4) is 0 Å². The van der Waals surface area contributed by atoms with E-state index in [1.807, 2.05) is 26.0 Å². The molecule has 19 heavy (non-hydrogen) atoms. The van der Waals surface area contributed by atoms with Crippen LogP contribution in [0, 0.1) is 7.14 Å². The highest BCUT2D eigenvalue weighted by Gasteiger charge is 2.26. The van der Waals surface area contributed by atoms with Crippen molar-refractivity contribution >= 4 is 57.2 Å². The Balaban J connectivity index is 3.14. The van der Waals surface area contributed by atoms with Gasteiger partial charge in [-0.25, -0.2) is 4.79 Å². The average molecular weight is 482 g/mol. The highest BCUT2D eigenvalue weighted by atomic mass is 127. The molecule has 0 bridgehead atoms. The molecule has 0 radical (unpaired) electrons. The lowest BCUT2D eigenvalue weighted by molar-refractivity contribution is 0.00947. The van der Waals surface area contributed by atoms with Crippen molar-refractivity contribution in [3.63, 3.8) is 0 Å². The fourth-order valence-electron chi connectivity index (χ4n) is 1.43. The third-order valence-electron chi connectivity index (χ3n) is 2.96. The van der Waals surface area contributed by atoms with Crippen LogP contribution in [-0.4, -0.2) is 11.6 Å². The van der Waals surface area contributed by atoms with Gasteiger partial charge in [0, 0.05) is 7.14 Å². The number of hydrogen-bond donors (Lipinski definition) is 0. The summed E-state index contributed by atoms with van der Waals surface area (Å²) in [7, 11) is 0. The van der Waals surface area contributed by atoms with Crippen LogP contribution in [0.25, 0.3) is 6.08 Å². The zero-order valence-electron chi connectivity index (χ0n) is 11.0. The first-order chi connectivity index (χ1) is 8.86. The van der Waals surface area contributed by atoms with Gasteiger partial charge < -0.3 is 4.74 Å². The molecule has 0 saturated carbocycles. The van der Waals surface area contributed by atoms with E-state index in [1.54, 1.807) is 12.2 Å². The summed E-state index contributed by atoms with van der Waals surface area (Å²) in [5.74, 6) is -0.311. The van der Waals surface area contributed by atoms with Gasteiger partial charge in [-0.2, -0.15) is 0 Å². The molecular weight excluding hydrogens is 466 g/mol. The summed E-state index contributed by atoms with van der Waals surface area (Å²) in [5.41, 5.74) is 0.973. The Morgan fingerprint density at radius 3 is 2.26 bits per heavy atom. The Bertz CT molecular complexity index is 500. The quantitative estimate of drug-likeness (QED) is 0.334. The Morgan fingerprint density at radius 1 is 1.37 bits per heavy atom. The first-order valence-corrected chi connectivity index (χ1v) is 8.01. The molecule has 0 amide bonds. The van der Waals surface area contributed by atoms with Gasteiger partial charge in [0.05, 0.1) is 5.56 Å². The van der Waals surface area contributed by atoms with Crippen molar-refractivity contribution in [2.75, 3.05) is 0 Å². The second-order valence-corrected chi connectivity index (χ2v) is 6.65. The van der Waals surface area contributed by atoms with Crippen molar-refractivity contribution in [2.24, 2.45) is 0 Å². The normalized spacial score (nSPS) is 13.5. The van der Waals surface area contributed by atoms with Gasteiger partial charge in [-0.05, 0) is 82.3 Å². The average Bonchev–Trinajstić information content (AvgIpc) is 2.37. The van der Waals surface area contributed by atoms with E-state index in [-0.39, 0.29) is 5.97 Å². The van der Waals surface area contributed by atoms with Gasteiger partial charge >= 0.3 is 5.97 Å². The Labute approximate surface area is 141 Å². The van der Waals surface area contributed by atoms with Gasteiger partial charge in [-0.15, -0.1) is 0 Å². The van der Waals surface area contributed by atoms with Crippen molar-refractivity contribution in [3.8, 4) is 0 Å². The standard InChI is InChI=1S/C15H16I2O2/c1-5-10-8-11(16)13(12(17)9-10)14(18)19-15(4,6-2)7-3/h5-6,8-9H,1-2,7H2,3-4H3. The van der Waals surface area contributed by atoms with Crippen molar-refractivity contribution in [2.45, 2.75) is 25.9 Å². The maximum absolute atomic E-state index is 12.3. The number of carbonyl (C=O) groups is 1. The van der Waals surface area contributed by atoms with Crippen molar-refractivity contribution in [1.82, 2.24) is 0 Å². The van der Waals surface area contributed by atoms with Crippen molar-refractivity contribution < 1.29 is 9.53 Å². The lowest BCUT2D eigenvalue weighted by Crippen LogP contribution is -2.29. The number of hydrogen-bond acceptors (Lipinski definition) is 2. The molecule has 0 aliphatic carbocycles. The summed E-state index contributed by atoms with van der Waals surface area (Å²) in [4.78, 5) is 12.3. The van der Waals surface area contributed by atoms with Crippen LogP contribution in [0.2, 0.25) is 0 Å². The summed E-state index contributed by atoms with van der Waals surface area (Å²) in [5, 5.41) is 0. The van der Waals surface area contributed by atoms with Crippen LogP contribution in [0.15, 0.2) is 31.4 Å². The van der Waals surface area contributed by atoms with E-state index in [0.717, 1.165) is 12.7 Å². The van der Waals surface area contributed by atoms with Gasteiger partial charge in [0.2, 0.25) is 0 Å². The maximum atomic E-state index is 12.3. The van der Waals surface area contributed by atoms with Crippen LogP contribution in [0.4, 0.5) is 0 Å². The Hall–Kier alpha value is -0.370. The van der Waals surface area contributed by atoms with Crippen LogP contribution >= 0.6 is 45.2 Å². The molecule has 0 aromatic heterocycles. The topological polar surface area (TPSA) is 26.3 Å². The van der Waals surface area contributed by atoms with Gasteiger partial charge in [-0.1, -0.05) is 26.2 Å². The van der Waals surface area contributed by atoms with E-state index >= 15 is 0 Å². The van der Waals surface area contributed by atoms with E-state index in [0.29, 0.717) is 12.0 Å². The predicted molar refractivity (Wildman–Crippen MR) is 96.3 cm³/mol. The van der Waals surface area contributed by atoms with E-state index in [1.165, 1.54) is 0 Å². The molecular formula is C15H16I2O2. The summed E-state index contributed by atoms with van der Waals surface area (Å²) in [6.45, 7) is 11.3. The molecule has 0 N–H and O–H groups in total. The summed E-state index contributed by atoms with van der Waals surface area (Å²) >= 11 is 4.29. The maximum Gasteiger partial charge on any atom is 0.341 e. The molecule has 1 rings (SSSR count). The summed E-state index contributed by atoms with van der Waals surface area (Å²) < 4.78 is 7.30. The van der Waals surface area contributed by atoms with E-state index in [2.05, 4.69) is 58.3 Å². The van der Waals surface area contributed by atoms with Crippen LogP contribution in [0.5, 0.6) is 0 Å². The van der Waals surface area contributed by atoms with Gasteiger partial charge in [0.15, 0.2) is 0 Å². The predicted octanol–water partition coefficient (Wildman–Crippen LogP) is 5.05. The minimum absolute atomic E-state index is 0.311. The molecule has 1 atom stereocenters. The Morgan fingerprint density at radius 2 is 1.89 bits per heavy atom. The summed E-state index contributed by atoms with van der Waals surface area (Å²) in [6.07, 6.45) is 4.13. The second-order valence-electron chi connectivity index (χ2n) is 4.32. The van der Waals surface area contributed by atoms with Gasteiger partial charge in [-0.3, -0.25) is 0 Å². The lowest BCUT2D eigenvalue weighted by Gasteiger charge is -2.25. The molecule has 0 heterocycles. The third-order valence-corrected chi connectivity index (χ3v) is 4.67. The Kier molecular flexibility index (Phi) is 6.04. The molecule has 0 spiro atoms. The fraction of sp³-hybridized carbons (Fsp3) is 0.267. The molecule has 1 aromatic carbocycles. The number of carbonyl (C=O) groups excluding carboxylic acids is 1. The van der Waals surface area contributed by atoms with E-state index in [4.69, 9.17) is 4.74 Å². The zero-order chi connectivity index (χ0) is 14.6.